The lowest BCUT2D eigenvalue weighted by atomic mass is 10.2. The first-order chi connectivity index (χ1) is 8.35. The Labute approximate surface area is 104 Å². The second kappa shape index (κ2) is 4.56. The van der Waals surface area contributed by atoms with Crippen molar-refractivity contribution in [2.75, 3.05) is 0 Å². The van der Waals surface area contributed by atoms with Crippen molar-refractivity contribution in [3.8, 4) is 11.3 Å². The van der Waals surface area contributed by atoms with Gasteiger partial charge in [0.05, 0.1) is 11.3 Å². The average Bonchev–Trinajstić information content (AvgIpc) is 2.63. The normalized spacial score (nSPS) is 11.8. The molecule has 2 aromatic rings. The molecule has 0 bridgehead atoms. The van der Waals surface area contributed by atoms with Crippen LogP contribution in [0.1, 0.15) is 0 Å². The lowest BCUT2D eigenvalue weighted by Crippen LogP contribution is -2.17. The van der Waals surface area contributed by atoms with Crippen molar-refractivity contribution in [3.05, 3.63) is 35.5 Å². The Morgan fingerprint density at radius 2 is 2.06 bits per heavy atom. The second-order valence-corrected chi connectivity index (χ2v) is 3.89. The number of hydrogen-bond donors (Lipinski definition) is 0. The molecule has 8 heteroatoms. The predicted octanol–water partition coefficient (Wildman–Crippen LogP) is 3.30. The zero-order valence-corrected chi connectivity index (χ0v) is 9.50. The van der Waals surface area contributed by atoms with Gasteiger partial charge in [-0.3, -0.25) is 4.68 Å². The van der Waals surface area contributed by atoms with Crippen LogP contribution in [0.2, 0.25) is 5.15 Å². The number of hydrogen-bond acceptors (Lipinski definition) is 2. The third-order valence-electron chi connectivity index (χ3n) is 2.08. The van der Waals surface area contributed by atoms with Crippen LogP contribution in [0.25, 0.3) is 11.3 Å². The van der Waals surface area contributed by atoms with E-state index < -0.39 is 18.5 Å². The Morgan fingerprint density at radius 3 is 2.67 bits per heavy atom. The summed E-state index contributed by atoms with van der Waals surface area (Å²) in [6, 6.07) is 2.25. The fourth-order valence-electron chi connectivity index (χ4n) is 1.37. The SMILES string of the molecule is Fc1cc(Cl)ncc1-c1ccn(CC(F)(F)F)n1. The Hall–Kier alpha value is -1.63. The number of nitrogens with zero attached hydrogens (tertiary/aromatic N) is 3. The Kier molecular flexibility index (Phi) is 3.25. The topological polar surface area (TPSA) is 30.7 Å². The quantitative estimate of drug-likeness (QED) is 0.624. The van der Waals surface area contributed by atoms with Crippen molar-refractivity contribution >= 4 is 11.6 Å². The predicted molar refractivity (Wildman–Crippen MR) is 56.5 cm³/mol. The molecule has 18 heavy (non-hydrogen) atoms. The molecule has 3 nitrogen and oxygen atoms in total. The summed E-state index contributed by atoms with van der Waals surface area (Å²) in [5.41, 5.74) is 0.0706. The van der Waals surface area contributed by atoms with Gasteiger partial charge in [0.25, 0.3) is 0 Å². The van der Waals surface area contributed by atoms with Crippen molar-refractivity contribution < 1.29 is 17.6 Å². The molecule has 0 fully saturated rings. The molecule has 2 aromatic heterocycles. The third-order valence-corrected chi connectivity index (χ3v) is 2.28. The van der Waals surface area contributed by atoms with E-state index in [1.807, 2.05) is 0 Å². The van der Waals surface area contributed by atoms with Crippen molar-refractivity contribution in [2.45, 2.75) is 12.7 Å². The molecular formula is C10H6ClF4N3. The summed E-state index contributed by atoms with van der Waals surface area (Å²) in [7, 11) is 0. The highest BCUT2D eigenvalue weighted by molar-refractivity contribution is 6.29. The summed E-state index contributed by atoms with van der Waals surface area (Å²) in [6.07, 6.45) is -2.13. The summed E-state index contributed by atoms with van der Waals surface area (Å²) in [4.78, 5) is 3.65. The van der Waals surface area contributed by atoms with Crippen LogP contribution in [-0.4, -0.2) is 20.9 Å². The van der Waals surface area contributed by atoms with Gasteiger partial charge in [0, 0.05) is 18.5 Å². The first-order valence-electron chi connectivity index (χ1n) is 4.77. The number of aromatic nitrogens is 3. The average molecular weight is 280 g/mol. The van der Waals surface area contributed by atoms with Gasteiger partial charge in [-0.2, -0.15) is 18.3 Å². The van der Waals surface area contributed by atoms with Crippen molar-refractivity contribution in [1.82, 2.24) is 14.8 Å². The maximum atomic E-state index is 13.5. The van der Waals surface area contributed by atoms with E-state index in [9.17, 15) is 17.6 Å². The van der Waals surface area contributed by atoms with Gasteiger partial charge < -0.3 is 0 Å². The van der Waals surface area contributed by atoms with E-state index in [4.69, 9.17) is 11.6 Å². The molecule has 0 spiro atoms. The molecule has 0 saturated carbocycles. The molecule has 0 aliphatic rings. The molecule has 0 aromatic carbocycles. The molecule has 0 aliphatic carbocycles. The lowest BCUT2D eigenvalue weighted by Gasteiger charge is -2.05. The van der Waals surface area contributed by atoms with Gasteiger partial charge in [-0.05, 0) is 6.07 Å². The van der Waals surface area contributed by atoms with Crippen LogP contribution in [0.3, 0.4) is 0 Å². The van der Waals surface area contributed by atoms with Gasteiger partial charge in [-0.15, -0.1) is 0 Å². The Morgan fingerprint density at radius 1 is 1.33 bits per heavy atom. The summed E-state index contributed by atoms with van der Waals surface area (Å²) in [5, 5.41) is 3.59. The summed E-state index contributed by atoms with van der Waals surface area (Å²) in [5.74, 6) is -0.688. The van der Waals surface area contributed by atoms with Crippen LogP contribution >= 0.6 is 11.6 Å². The standard InChI is InChI=1S/C10H6ClF4N3/c11-9-3-7(12)6(4-16-9)8-1-2-18(17-8)5-10(13,14)15/h1-4H,5H2. The van der Waals surface area contributed by atoms with Crippen LogP contribution in [-0.2, 0) is 6.54 Å². The number of halogens is 5. The van der Waals surface area contributed by atoms with E-state index in [0.29, 0.717) is 4.68 Å². The van der Waals surface area contributed by atoms with Gasteiger partial charge in [0.1, 0.15) is 17.5 Å². The fraction of sp³-hybridized carbons (Fsp3) is 0.200. The Bertz CT molecular complexity index is 564. The summed E-state index contributed by atoms with van der Waals surface area (Å²) < 4.78 is 50.5. The highest BCUT2D eigenvalue weighted by Crippen LogP contribution is 2.23. The Balaban J connectivity index is 2.29. The first-order valence-corrected chi connectivity index (χ1v) is 5.14. The molecule has 0 aliphatic heterocycles. The van der Waals surface area contributed by atoms with Gasteiger partial charge in [0.15, 0.2) is 0 Å². The summed E-state index contributed by atoms with van der Waals surface area (Å²) in [6.45, 7) is -1.23. The van der Waals surface area contributed by atoms with E-state index >= 15 is 0 Å². The molecule has 0 atom stereocenters. The largest absolute Gasteiger partial charge is 0.408 e. The minimum atomic E-state index is -4.37. The second-order valence-electron chi connectivity index (χ2n) is 3.50. The van der Waals surface area contributed by atoms with E-state index in [1.54, 1.807) is 0 Å². The van der Waals surface area contributed by atoms with Gasteiger partial charge in [-0.1, -0.05) is 11.6 Å². The van der Waals surface area contributed by atoms with Crippen LogP contribution in [0.5, 0.6) is 0 Å². The summed E-state index contributed by atoms with van der Waals surface area (Å²) >= 11 is 5.47. The van der Waals surface area contributed by atoms with Crippen molar-refractivity contribution in [1.29, 1.82) is 0 Å². The number of pyridine rings is 1. The van der Waals surface area contributed by atoms with Crippen LogP contribution < -0.4 is 0 Å². The molecule has 2 heterocycles. The van der Waals surface area contributed by atoms with Crippen LogP contribution in [0.4, 0.5) is 17.6 Å². The zero-order valence-electron chi connectivity index (χ0n) is 8.75. The third kappa shape index (κ3) is 2.98. The van der Waals surface area contributed by atoms with Crippen LogP contribution in [0, 0.1) is 5.82 Å². The monoisotopic (exact) mass is 279 g/mol. The van der Waals surface area contributed by atoms with Crippen molar-refractivity contribution in [3.63, 3.8) is 0 Å². The number of rotatable bonds is 2. The van der Waals surface area contributed by atoms with Gasteiger partial charge in [0.2, 0.25) is 0 Å². The molecule has 0 unspecified atom stereocenters. The molecule has 2 rings (SSSR count). The zero-order chi connectivity index (χ0) is 13.3. The highest BCUT2D eigenvalue weighted by Gasteiger charge is 2.28. The number of alkyl halides is 3. The maximum Gasteiger partial charge on any atom is 0.408 e. The molecule has 0 radical (unpaired) electrons. The van der Waals surface area contributed by atoms with Crippen LogP contribution in [0.15, 0.2) is 24.5 Å². The molecular weight excluding hydrogens is 274 g/mol. The molecule has 96 valence electrons. The smallest absolute Gasteiger partial charge is 0.263 e. The molecule has 0 saturated heterocycles. The lowest BCUT2D eigenvalue weighted by molar-refractivity contribution is -0.142. The highest BCUT2D eigenvalue weighted by atomic mass is 35.5. The van der Waals surface area contributed by atoms with Crippen molar-refractivity contribution in [2.24, 2.45) is 0 Å². The molecule has 0 amide bonds. The maximum absolute atomic E-state index is 13.5. The van der Waals surface area contributed by atoms with Gasteiger partial charge in [-0.25, -0.2) is 9.37 Å². The minimum absolute atomic E-state index is 0.000300. The van der Waals surface area contributed by atoms with E-state index in [1.165, 1.54) is 6.07 Å². The van der Waals surface area contributed by atoms with Gasteiger partial charge >= 0.3 is 6.18 Å². The fourth-order valence-corrected chi connectivity index (χ4v) is 1.52. The van der Waals surface area contributed by atoms with E-state index in [2.05, 4.69) is 10.1 Å². The first kappa shape index (κ1) is 12.8. The van der Waals surface area contributed by atoms with E-state index in [-0.39, 0.29) is 16.4 Å². The minimum Gasteiger partial charge on any atom is -0.263 e. The van der Waals surface area contributed by atoms with E-state index in [0.717, 1.165) is 18.5 Å². The molecule has 0 N–H and O–H groups in total.